The molecule has 0 aromatic heterocycles. The molecule has 0 fully saturated rings. The van der Waals surface area contributed by atoms with Gasteiger partial charge in [-0.25, -0.2) is 0 Å². The average molecular weight is 364 g/mol. The lowest BCUT2D eigenvalue weighted by Crippen LogP contribution is -2.17. The van der Waals surface area contributed by atoms with Gasteiger partial charge in [-0.15, -0.1) is 4.40 Å². The zero-order chi connectivity index (χ0) is 18.6. The van der Waals surface area contributed by atoms with Gasteiger partial charge >= 0.3 is 0 Å². The molecule has 0 aliphatic carbocycles. The maximum Gasteiger partial charge on any atom is 0.284 e. The van der Waals surface area contributed by atoms with Crippen LogP contribution in [-0.2, 0) is 10.0 Å². The Balaban J connectivity index is 2.08. The second-order valence-corrected chi connectivity index (χ2v) is 7.64. The van der Waals surface area contributed by atoms with E-state index in [-0.39, 0.29) is 4.90 Å². The molecule has 3 aromatic rings. The third-order valence-electron chi connectivity index (χ3n) is 3.98. The molecule has 4 nitrogen and oxygen atoms in total. The Morgan fingerprint density at radius 2 is 1.42 bits per heavy atom. The Labute approximate surface area is 154 Å². The zero-order valence-electron chi connectivity index (χ0n) is 14.7. The van der Waals surface area contributed by atoms with E-state index in [0.717, 1.165) is 16.8 Å². The summed E-state index contributed by atoms with van der Waals surface area (Å²) in [7, 11) is -3.83. The van der Waals surface area contributed by atoms with Crippen LogP contribution in [0.1, 0.15) is 16.7 Å². The third-order valence-corrected chi connectivity index (χ3v) is 5.27. The van der Waals surface area contributed by atoms with Crippen LogP contribution in [0.3, 0.4) is 0 Å². The van der Waals surface area contributed by atoms with Crippen molar-refractivity contribution in [3.8, 4) is 0 Å². The standard InChI is InChI=1S/C21H20N2O2S/c1-16-12-14-18(15-13-16)21(22-20-11-7-6-8-17(20)2)23-26(24,25)19-9-4-3-5-10-19/h3-15H,1-2H3,(H,22,23). The summed E-state index contributed by atoms with van der Waals surface area (Å²) in [5, 5.41) is 3.18. The van der Waals surface area contributed by atoms with Gasteiger partial charge in [0.15, 0.2) is 5.84 Å². The number of rotatable bonds is 4. The van der Waals surface area contributed by atoms with E-state index < -0.39 is 10.0 Å². The first-order valence-corrected chi connectivity index (χ1v) is 9.69. The molecule has 0 saturated heterocycles. The molecular formula is C21H20N2O2S. The van der Waals surface area contributed by atoms with Gasteiger partial charge in [-0.05, 0) is 37.6 Å². The predicted octanol–water partition coefficient (Wildman–Crippen LogP) is 4.55. The molecule has 0 unspecified atom stereocenters. The lowest BCUT2D eigenvalue weighted by molar-refractivity contribution is 0.598. The number of nitrogens with zero attached hydrogens (tertiary/aromatic N) is 1. The molecule has 26 heavy (non-hydrogen) atoms. The Kier molecular flexibility index (Phi) is 5.19. The summed E-state index contributed by atoms with van der Waals surface area (Å²) in [6.07, 6.45) is 0. The van der Waals surface area contributed by atoms with Gasteiger partial charge in [0.25, 0.3) is 10.0 Å². The summed E-state index contributed by atoms with van der Waals surface area (Å²) in [6.45, 7) is 3.94. The summed E-state index contributed by atoms with van der Waals surface area (Å²) in [5.74, 6) is 0.295. The molecule has 0 bridgehead atoms. The van der Waals surface area contributed by atoms with Gasteiger partial charge in [-0.3, -0.25) is 0 Å². The molecule has 3 rings (SSSR count). The molecule has 0 aliphatic heterocycles. The lowest BCUT2D eigenvalue weighted by Gasteiger charge is -2.13. The highest BCUT2D eigenvalue weighted by atomic mass is 32.2. The lowest BCUT2D eigenvalue weighted by atomic mass is 10.1. The average Bonchev–Trinajstić information content (AvgIpc) is 2.64. The number of anilines is 1. The Morgan fingerprint density at radius 3 is 2.08 bits per heavy atom. The van der Waals surface area contributed by atoms with E-state index in [4.69, 9.17) is 0 Å². The molecule has 0 radical (unpaired) electrons. The largest absolute Gasteiger partial charge is 0.339 e. The Morgan fingerprint density at radius 1 is 0.808 bits per heavy atom. The van der Waals surface area contributed by atoms with Crippen molar-refractivity contribution in [1.29, 1.82) is 0 Å². The summed E-state index contributed by atoms with van der Waals surface area (Å²) >= 11 is 0. The van der Waals surface area contributed by atoms with E-state index >= 15 is 0 Å². The van der Waals surface area contributed by atoms with Gasteiger partial charge in [0, 0.05) is 11.3 Å². The summed E-state index contributed by atoms with van der Waals surface area (Å²) in [5.41, 5.74) is 3.62. The van der Waals surface area contributed by atoms with E-state index in [1.54, 1.807) is 30.3 Å². The highest BCUT2D eigenvalue weighted by molar-refractivity contribution is 7.90. The van der Waals surface area contributed by atoms with Crippen molar-refractivity contribution in [3.05, 3.63) is 95.6 Å². The topological polar surface area (TPSA) is 58.5 Å². The fourth-order valence-electron chi connectivity index (χ4n) is 2.47. The van der Waals surface area contributed by atoms with E-state index in [9.17, 15) is 8.42 Å². The van der Waals surface area contributed by atoms with Crippen LogP contribution in [0.25, 0.3) is 0 Å². The fraction of sp³-hybridized carbons (Fsp3) is 0.0952. The number of hydrogen-bond acceptors (Lipinski definition) is 2. The van der Waals surface area contributed by atoms with Gasteiger partial charge in [-0.2, -0.15) is 8.42 Å². The van der Waals surface area contributed by atoms with Crippen molar-refractivity contribution < 1.29 is 8.42 Å². The van der Waals surface area contributed by atoms with E-state index in [0.29, 0.717) is 11.4 Å². The van der Waals surface area contributed by atoms with Crippen LogP contribution in [0.4, 0.5) is 5.69 Å². The number of hydrogen-bond donors (Lipinski definition) is 1. The maximum atomic E-state index is 12.7. The van der Waals surface area contributed by atoms with Gasteiger partial charge in [0.2, 0.25) is 0 Å². The van der Waals surface area contributed by atoms with Crippen LogP contribution in [0.2, 0.25) is 0 Å². The highest BCUT2D eigenvalue weighted by Crippen LogP contribution is 2.18. The van der Waals surface area contributed by atoms with E-state index in [1.807, 2.05) is 62.4 Å². The molecule has 0 saturated carbocycles. The van der Waals surface area contributed by atoms with Crippen LogP contribution in [0.5, 0.6) is 0 Å². The summed E-state index contributed by atoms with van der Waals surface area (Å²) in [6, 6.07) is 23.5. The van der Waals surface area contributed by atoms with Crippen LogP contribution in [0, 0.1) is 13.8 Å². The second-order valence-electron chi connectivity index (χ2n) is 6.03. The first kappa shape index (κ1) is 17.9. The molecule has 5 heteroatoms. The van der Waals surface area contributed by atoms with Crippen molar-refractivity contribution in [2.45, 2.75) is 18.7 Å². The van der Waals surface area contributed by atoms with Crippen molar-refractivity contribution in [3.63, 3.8) is 0 Å². The molecule has 3 aromatic carbocycles. The molecule has 0 aliphatic rings. The minimum atomic E-state index is -3.83. The molecule has 0 heterocycles. The number of amidine groups is 1. The van der Waals surface area contributed by atoms with Crippen LogP contribution in [-0.4, -0.2) is 14.3 Å². The summed E-state index contributed by atoms with van der Waals surface area (Å²) in [4.78, 5) is 0.163. The highest BCUT2D eigenvalue weighted by Gasteiger charge is 2.16. The van der Waals surface area contributed by atoms with Crippen molar-refractivity contribution in [2.24, 2.45) is 4.40 Å². The molecule has 0 spiro atoms. The molecule has 0 atom stereocenters. The minimum Gasteiger partial charge on any atom is -0.339 e. The first-order chi connectivity index (χ1) is 12.5. The molecule has 1 N–H and O–H groups in total. The van der Waals surface area contributed by atoms with E-state index in [1.165, 1.54) is 0 Å². The number of benzene rings is 3. The van der Waals surface area contributed by atoms with E-state index in [2.05, 4.69) is 9.71 Å². The first-order valence-electron chi connectivity index (χ1n) is 8.25. The Hall–Kier alpha value is -2.92. The molecule has 0 amide bonds. The number of nitrogens with one attached hydrogen (secondary N) is 1. The minimum absolute atomic E-state index is 0.163. The predicted molar refractivity (Wildman–Crippen MR) is 106 cm³/mol. The van der Waals surface area contributed by atoms with Crippen LogP contribution in [0.15, 0.2) is 88.2 Å². The quantitative estimate of drug-likeness (QED) is 0.546. The fourth-order valence-corrected chi connectivity index (χ4v) is 3.46. The third kappa shape index (κ3) is 4.18. The van der Waals surface area contributed by atoms with Crippen molar-refractivity contribution >= 4 is 21.5 Å². The number of para-hydroxylation sites is 1. The maximum absolute atomic E-state index is 12.7. The van der Waals surface area contributed by atoms with Gasteiger partial charge in [0.1, 0.15) is 0 Å². The summed E-state index contributed by atoms with van der Waals surface area (Å²) < 4.78 is 29.6. The van der Waals surface area contributed by atoms with Crippen LogP contribution < -0.4 is 5.32 Å². The van der Waals surface area contributed by atoms with Crippen LogP contribution >= 0.6 is 0 Å². The molecular weight excluding hydrogens is 344 g/mol. The normalized spacial score (nSPS) is 12.0. The Bertz CT molecular complexity index is 1030. The van der Waals surface area contributed by atoms with Gasteiger partial charge in [-0.1, -0.05) is 66.2 Å². The van der Waals surface area contributed by atoms with Gasteiger partial charge < -0.3 is 5.32 Å². The number of aryl methyl sites for hydroxylation is 2. The zero-order valence-corrected chi connectivity index (χ0v) is 15.5. The molecule has 132 valence electrons. The second kappa shape index (κ2) is 7.54. The van der Waals surface area contributed by atoms with Gasteiger partial charge in [0.05, 0.1) is 4.90 Å². The SMILES string of the molecule is Cc1ccc(/C(=N/S(=O)(=O)c2ccccc2)Nc2ccccc2C)cc1. The smallest absolute Gasteiger partial charge is 0.284 e. The van der Waals surface area contributed by atoms with Crippen molar-refractivity contribution in [2.75, 3.05) is 5.32 Å². The number of sulfonamides is 1. The monoisotopic (exact) mass is 364 g/mol. The van der Waals surface area contributed by atoms with Crippen molar-refractivity contribution in [1.82, 2.24) is 0 Å².